The topological polar surface area (TPSA) is 54.3 Å². The lowest BCUT2D eigenvalue weighted by molar-refractivity contribution is 0.0694. The Balaban J connectivity index is 1.89. The number of aromatic carboxylic acids is 1. The van der Waals surface area contributed by atoms with Gasteiger partial charge in [-0.15, -0.1) is 0 Å². The van der Waals surface area contributed by atoms with Crippen molar-refractivity contribution in [2.75, 3.05) is 0 Å². The molecule has 2 aromatic carbocycles. The summed E-state index contributed by atoms with van der Waals surface area (Å²) in [5.74, 6) is -1.24. The lowest BCUT2D eigenvalue weighted by Crippen LogP contribution is -2.19. The van der Waals surface area contributed by atoms with E-state index in [9.17, 15) is 14.3 Å². The van der Waals surface area contributed by atoms with Crippen LogP contribution in [0.25, 0.3) is 0 Å². The molecule has 1 aromatic heterocycles. The third-order valence-corrected chi connectivity index (χ3v) is 5.24. The molecule has 0 bridgehead atoms. The summed E-state index contributed by atoms with van der Waals surface area (Å²) < 4.78 is 15.5. The normalized spacial score (nSPS) is 12.1. The summed E-state index contributed by atoms with van der Waals surface area (Å²) in [6.07, 6.45) is 0. The van der Waals surface area contributed by atoms with Gasteiger partial charge in [0.05, 0.1) is 5.56 Å². The van der Waals surface area contributed by atoms with E-state index in [0.717, 1.165) is 22.4 Å². The minimum Gasteiger partial charge on any atom is -0.478 e. The van der Waals surface area contributed by atoms with Gasteiger partial charge in [-0.2, -0.15) is 0 Å². The van der Waals surface area contributed by atoms with Crippen molar-refractivity contribution in [3.8, 4) is 0 Å². The molecule has 0 saturated heterocycles. The number of nitrogens with zero attached hydrogens (tertiary/aromatic N) is 1. The molecule has 0 aliphatic heterocycles. The lowest BCUT2D eigenvalue weighted by atomic mass is 10.1. The predicted octanol–water partition coefficient (Wildman–Crippen LogP) is 4.84. The molecule has 5 heteroatoms. The van der Waals surface area contributed by atoms with Crippen LogP contribution in [0.2, 0.25) is 0 Å². The van der Waals surface area contributed by atoms with E-state index in [1.807, 2.05) is 47.9 Å². The Bertz CT molecular complexity index is 980. The monoisotopic (exact) mass is 380 g/mol. The van der Waals surface area contributed by atoms with Gasteiger partial charge in [0.2, 0.25) is 0 Å². The van der Waals surface area contributed by atoms with Crippen molar-refractivity contribution in [3.63, 3.8) is 0 Å². The molecule has 0 saturated carbocycles. The molecule has 1 heterocycles. The maximum absolute atomic E-state index is 13.5. The van der Waals surface area contributed by atoms with Gasteiger partial charge >= 0.3 is 5.97 Å². The highest BCUT2D eigenvalue weighted by Crippen LogP contribution is 2.25. The molecule has 0 fully saturated rings. The van der Waals surface area contributed by atoms with Gasteiger partial charge in [0.15, 0.2) is 0 Å². The first-order chi connectivity index (χ1) is 13.4. The Morgan fingerprint density at radius 3 is 2.46 bits per heavy atom. The number of carbonyl (C=O) groups is 1. The van der Waals surface area contributed by atoms with Gasteiger partial charge in [-0.3, -0.25) is 0 Å². The van der Waals surface area contributed by atoms with E-state index < -0.39 is 5.97 Å². The molecule has 28 heavy (non-hydrogen) atoms. The SMILES string of the molecule is Cc1c(CN[C@H](C)c2ccccc2)c(C(=O)O)c(C)n1Cc1cccc(F)c1. The van der Waals surface area contributed by atoms with Crippen LogP contribution >= 0.6 is 0 Å². The van der Waals surface area contributed by atoms with Crippen LogP contribution in [0, 0.1) is 19.7 Å². The fraction of sp³-hybridized carbons (Fsp3) is 0.261. The van der Waals surface area contributed by atoms with E-state index in [1.165, 1.54) is 12.1 Å². The Hall–Kier alpha value is -2.92. The summed E-state index contributed by atoms with van der Waals surface area (Å²) in [4.78, 5) is 11.9. The second-order valence-corrected chi connectivity index (χ2v) is 7.06. The molecule has 2 N–H and O–H groups in total. The average Bonchev–Trinajstić information content (AvgIpc) is 2.91. The predicted molar refractivity (Wildman–Crippen MR) is 108 cm³/mol. The van der Waals surface area contributed by atoms with E-state index in [4.69, 9.17) is 0 Å². The number of nitrogens with one attached hydrogen (secondary N) is 1. The number of hydrogen-bond acceptors (Lipinski definition) is 2. The van der Waals surface area contributed by atoms with Crippen LogP contribution < -0.4 is 5.32 Å². The van der Waals surface area contributed by atoms with Crippen LogP contribution in [0.1, 0.15) is 51.4 Å². The lowest BCUT2D eigenvalue weighted by Gasteiger charge is -2.15. The molecule has 3 aromatic rings. The number of rotatable bonds is 7. The van der Waals surface area contributed by atoms with Gasteiger partial charge in [0, 0.05) is 36.1 Å². The smallest absolute Gasteiger partial charge is 0.337 e. The Morgan fingerprint density at radius 2 is 1.82 bits per heavy atom. The van der Waals surface area contributed by atoms with Gasteiger partial charge < -0.3 is 15.0 Å². The molecule has 3 rings (SSSR count). The maximum Gasteiger partial charge on any atom is 0.337 e. The van der Waals surface area contributed by atoms with Crippen molar-refractivity contribution in [1.29, 1.82) is 0 Å². The van der Waals surface area contributed by atoms with Crippen LogP contribution in [0.15, 0.2) is 54.6 Å². The van der Waals surface area contributed by atoms with Gasteiger partial charge in [-0.1, -0.05) is 42.5 Å². The zero-order valence-corrected chi connectivity index (χ0v) is 16.4. The van der Waals surface area contributed by atoms with E-state index in [1.54, 1.807) is 13.0 Å². The quantitative estimate of drug-likeness (QED) is 0.617. The standard InChI is InChI=1S/C23H25FN2O2/c1-15(19-9-5-4-6-10-19)25-13-21-16(2)26(17(3)22(21)23(27)28)14-18-8-7-11-20(24)12-18/h4-12,15,25H,13-14H2,1-3H3,(H,27,28)/t15-/m1/s1. The van der Waals surface area contributed by atoms with Crippen molar-refractivity contribution >= 4 is 5.97 Å². The van der Waals surface area contributed by atoms with Gasteiger partial charge in [0.1, 0.15) is 5.82 Å². The number of aromatic nitrogens is 1. The van der Waals surface area contributed by atoms with Gasteiger partial charge in [-0.05, 0) is 44.0 Å². The number of carboxylic acids is 1. The molecule has 1 atom stereocenters. The molecule has 0 radical (unpaired) electrons. The van der Waals surface area contributed by atoms with Crippen LogP contribution in [-0.2, 0) is 13.1 Å². The van der Waals surface area contributed by atoms with E-state index in [-0.39, 0.29) is 11.9 Å². The second kappa shape index (κ2) is 8.40. The Labute approximate surface area is 164 Å². The summed E-state index contributed by atoms with van der Waals surface area (Å²) >= 11 is 0. The molecule has 4 nitrogen and oxygen atoms in total. The summed E-state index contributed by atoms with van der Waals surface area (Å²) in [6.45, 7) is 6.66. The van der Waals surface area contributed by atoms with E-state index in [2.05, 4.69) is 12.2 Å². The molecular weight excluding hydrogens is 355 g/mol. The van der Waals surface area contributed by atoms with E-state index >= 15 is 0 Å². The first-order valence-electron chi connectivity index (χ1n) is 9.33. The highest BCUT2D eigenvalue weighted by molar-refractivity contribution is 5.91. The van der Waals surface area contributed by atoms with Crippen molar-refractivity contribution in [2.45, 2.75) is 39.9 Å². The largest absolute Gasteiger partial charge is 0.478 e. The van der Waals surface area contributed by atoms with Crippen molar-refractivity contribution in [1.82, 2.24) is 9.88 Å². The summed E-state index contributed by atoms with van der Waals surface area (Å²) in [6, 6.07) is 16.5. The minimum atomic E-state index is -0.942. The van der Waals surface area contributed by atoms with Crippen LogP contribution in [0.4, 0.5) is 4.39 Å². The minimum absolute atomic E-state index is 0.0918. The first-order valence-corrected chi connectivity index (χ1v) is 9.33. The van der Waals surface area contributed by atoms with Gasteiger partial charge in [0.25, 0.3) is 0 Å². The average molecular weight is 380 g/mol. The number of carboxylic acid groups (broad SMARTS) is 1. The number of benzene rings is 2. The van der Waals surface area contributed by atoms with Crippen molar-refractivity contribution < 1.29 is 14.3 Å². The third-order valence-electron chi connectivity index (χ3n) is 5.24. The Kier molecular flexibility index (Phi) is 5.95. The molecule has 146 valence electrons. The summed E-state index contributed by atoms with van der Waals surface area (Å²) in [7, 11) is 0. The molecule has 0 unspecified atom stereocenters. The molecule has 0 aliphatic rings. The third kappa shape index (κ3) is 4.15. The van der Waals surface area contributed by atoms with Crippen LogP contribution in [0.5, 0.6) is 0 Å². The highest BCUT2D eigenvalue weighted by atomic mass is 19.1. The first kappa shape index (κ1) is 19.8. The fourth-order valence-electron chi connectivity index (χ4n) is 3.62. The zero-order chi connectivity index (χ0) is 20.3. The zero-order valence-electron chi connectivity index (χ0n) is 16.4. The highest BCUT2D eigenvalue weighted by Gasteiger charge is 2.23. The van der Waals surface area contributed by atoms with Crippen molar-refractivity contribution in [2.24, 2.45) is 0 Å². The molecular formula is C23H25FN2O2. The van der Waals surface area contributed by atoms with Gasteiger partial charge in [-0.25, -0.2) is 9.18 Å². The maximum atomic E-state index is 13.5. The molecule has 0 aliphatic carbocycles. The van der Waals surface area contributed by atoms with Crippen LogP contribution in [0.3, 0.4) is 0 Å². The van der Waals surface area contributed by atoms with Crippen LogP contribution in [-0.4, -0.2) is 15.6 Å². The molecule has 0 spiro atoms. The number of hydrogen-bond donors (Lipinski definition) is 2. The summed E-state index contributed by atoms with van der Waals surface area (Å²) in [5.41, 5.74) is 4.60. The number of halogens is 1. The second-order valence-electron chi connectivity index (χ2n) is 7.06. The van der Waals surface area contributed by atoms with Crippen molar-refractivity contribution in [3.05, 3.63) is 94.1 Å². The summed E-state index contributed by atoms with van der Waals surface area (Å²) in [5, 5.41) is 13.2. The van der Waals surface area contributed by atoms with E-state index in [0.29, 0.717) is 24.3 Å². The Morgan fingerprint density at radius 1 is 1.11 bits per heavy atom. The fourth-order valence-corrected chi connectivity index (χ4v) is 3.62. The molecule has 0 amide bonds.